The number of aromatic nitrogens is 2. The van der Waals surface area contributed by atoms with Crippen LogP contribution < -0.4 is 5.32 Å². The molecule has 3 rings (SSSR count). The molecule has 1 saturated heterocycles. The first-order chi connectivity index (χ1) is 10.7. The molecule has 1 aliphatic heterocycles. The number of carbonyl (C=O) groups excluding carboxylic acids is 2. The summed E-state index contributed by atoms with van der Waals surface area (Å²) in [5, 5.41) is 3.60. The maximum absolute atomic E-state index is 12.0. The second-order valence-corrected chi connectivity index (χ2v) is 6.26. The van der Waals surface area contributed by atoms with Crippen LogP contribution in [0.1, 0.15) is 12.8 Å². The average molecular weight is 318 g/mol. The summed E-state index contributed by atoms with van der Waals surface area (Å²) < 4.78 is 0. The predicted molar refractivity (Wildman–Crippen MR) is 85.6 cm³/mol. The summed E-state index contributed by atoms with van der Waals surface area (Å²) in [7, 11) is 0. The van der Waals surface area contributed by atoms with E-state index in [9.17, 15) is 9.59 Å². The maximum Gasteiger partial charge on any atom is 0.239 e. The molecular weight excluding hydrogens is 300 g/mol. The molecule has 1 aromatic carbocycles. The van der Waals surface area contributed by atoms with E-state index in [0.717, 1.165) is 28.4 Å². The van der Waals surface area contributed by atoms with Crippen molar-refractivity contribution >= 4 is 34.6 Å². The number of H-pyrrole nitrogens is 1. The van der Waals surface area contributed by atoms with Gasteiger partial charge in [0, 0.05) is 25.3 Å². The zero-order valence-corrected chi connectivity index (χ0v) is 13.0. The van der Waals surface area contributed by atoms with E-state index in [0.29, 0.717) is 19.5 Å². The van der Waals surface area contributed by atoms with E-state index < -0.39 is 0 Å². The number of amides is 2. The van der Waals surface area contributed by atoms with Crippen LogP contribution in [0.15, 0.2) is 29.4 Å². The molecule has 1 aliphatic rings. The van der Waals surface area contributed by atoms with Crippen molar-refractivity contribution in [2.45, 2.75) is 18.0 Å². The van der Waals surface area contributed by atoms with Crippen molar-refractivity contribution in [3.05, 3.63) is 24.3 Å². The Bertz CT molecular complexity index is 652. The Balaban J connectivity index is 1.43. The summed E-state index contributed by atoms with van der Waals surface area (Å²) >= 11 is 1.62. The van der Waals surface area contributed by atoms with E-state index in [1.54, 1.807) is 16.7 Å². The molecule has 0 saturated carbocycles. The molecule has 0 unspecified atom stereocenters. The Morgan fingerprint density at radius 2 is 2.23 bits per heavy atom. The summed E-state index contributed by atoms with van der Waals surface area (Å²) in [5.41, 5.74) is 1.99. The molecule has 2 heterocycles. The molecule has 1 aromatic heterocycles. The predicted octanol–water partition coefficient (Wildman–Crippen LogP) is 1.39. The minimum absolute atomic E-state index is 0.0556. The van der Waals surface area contributed by atoms with Crippen molar-refractivity contribution in [3.8, 4) is 0 Å². The molecule has 2 N–H and O–H groups in total. The van der Waals surface area contributed by atoms with Gasteiger partial charge >= 0.3 is 0 Å². The van der Waals surface area contributed by atoms with Gasteiger partial charge in [0.1, 0.15) is 0 Å². The van der Waals surface area contributed by atoms with Crippen molar-refractivity contribution in [3.63, 3.8) is 0 Å². The molecule has 6 nitrogen and oxygen atoms in total. The van der Waals surface area contributed by atoms with E-state index in [-0.39, 0.29) is 18.4 Å². The molecule has 0 spiro atoms. The monoisotopic (exact) mass is 318 g/mol. The Hall–Kier alpha value is -2.02. The number of benzene rings is 1. The van der Waals surface area contributed by atoms with Gasteiger partial charge in [-0.1, -0.05) is 23.9 Å². The van der Waals surface area contributed by atoms with Gasteiger partial charge in [0.2, 0.25) is 11.8 Å². The lowest BCUT2D eigenvalue weighted by molar-refractivity contribution is -0.138. The van der Waals surface area contributed by atoms with E-state index >= 15 is 0 Å². The van der Waals surface area contributed by atoms with Crippen LogP contribution in [0.25, 0.3) is 11.0 Å². The van der Waals surface area contributed by atoms with E-state index in [4.69, 9.17) is 0 Å². The number of aromatic amines is 1. The fourth-order valence-corrected chi connectivity index (χ4v) is 3.23. The third kappa shape index (κ3) is 3.59. The smallest absolute Gasteiger partial charge is 0.239 e. The molecule has 116 valence electrons. The van der Waals surface area contributed by atoms with Crippen molar-refractivity contribution in [2.75, 3.05) is 25.4 Å². The number of hydrogen-bond donors (Lipinski definition) is 2. The number of para-hydroxylation sites is 2. The first-order valence-electron chi connectivity index (χ1n) is 7.34. The Kier molecular flexibility index (Phi) is 4.62. The summed E-state index contributed by atoms with van der Waals surface area (Å²) in [4.78, 5) is 32.6. The zero-order valence-electron chi connectivity index (χ0n) is 12.2. The number of nitrogens with one attached hydrogen (secondary N) is 2. The third-order valence-electron chi connectivity index (χ3n) is 3.53. The van der Waals surface area contributed by atoms with Crippen LogP contribution in [0, 0.1) is 0 Å². The molecule has 7 heteroatoms. The van der Waals surface area contributed by atoms with E-state index in [1.807, 2.05) is 24.3 Å². The largest absolute Gasteiger partial charge is 0.353 e. The van der Waals surface area contributed by atoms with Gasteiger partial charge in [0.15, 0.2) is 5.16 Å². The second-order valence-electron chi connectivity index (χ2n) is 5.18. The maximum atomic E-state index is 12.0. The molecule has 0 aliphatic carbocycles. The standard InChI is InChI=1S/C15H18N4O2S/c20-13-10-19(8-7-16-13)14(21)6-3-9-22-15-17-11-4-1-2-5-12(11)18-15/h1-2,4-5H,3,6-10H2,(H,16,20)(H,17,18). The highest BCUT2D eigenvalue weighted by atomic mass is 32.2. The quantitative estimate of drug-likeness (QED) is 0.645. The van der Waals surface area contributed by atoms with E-state index in [1.165, 1.54) is 0 Å². The highest BCUT2D eigenvalue weighted by Crippen LogP contribution is 2.20. The van der Waals surface area contributed by atoms with E-state index in [2.05, 4.69) is 15.3 Å². The Morgan fingerprint density at radius 1 is 1.36 bits per heavy atom. The fourth-order valence-electron chi connectivity index (χ4n) is 2.40. The number of hydrogen-bond acceptors (Lipinski definition) is 4. The van der Waals surface area contributed by atoms with Gasteiger partial charge in [0.25, 0.3) is 0 Å². The minimum Gasteiger partial charge on any atom is -0.353 e. The number of thioether (sulfide) groups is 1. The highest BCUT2D eigenvalue weighted by molar-refractivity contribution is 7.99. The van der Waals surface area contributed by atoms with Gasteiger partial charge in [-0.2, -0.15) is 0 Å². The number of fused-ring (bicyclic) bond motifs is 1. The number of piperazine rings is 1. The molecule has 1 fully saturated rings. The number of nitrogens with zero attached hydrogens (tertiary/aromatic N) is 2. The lowest BCUT2D eigenvalue weighted by Gasteiger charge is -2.26. The fraction of sp³-hybridized carbons (Fsp3) is 0.400. The summed E-state index contributed by atoms with van der Waals surface area (Å²) in [6.07, 6.45) is 1.25. The summed E-state index contributed by atoms with van der Waals surface area (Å²) in [6.45, 7) is 1.36. The number of imidazole rings is 1. The topological polar surface area (TPSA) is 78.1 Å². The van der Waals surface area contributed by atoms with Crippen LogP contribution in [0.2, 0.25) is 0 Å². The van der Waals surface area contributed by atoms with Gasteiger partial charge < -0.3 is 15.2 Å². The Morgan fingerprint density at radius 3 is 3.05 bits per heavy atom. The summed E-state index contributed by atoms with van der Waals surface area (Å²) in [5.74, 6) is 0.808. The molecule has 2 aromatic rings. The van der Waals surface area contributed by atoms with Gasteiger partial charge in [0.05, 0.1) is 17.6 Å². The van der Waals surface area contributed by atoms with Gasteiger partial charge in [-0.3, -0.25) is 9.59 Å². The van der Waals surface area contributed by atoms with Crippen molar-refractivity contribution in [2.24, 2.45) is 0 Å². The van der Waals surface area contributed by atoms with Gasteiger partial charge in [-0.05, 0) is 18.6 Å². The van der Waals surface area contributed by atoms with Crippen LogP contribution in [0.5, 0.6) is 0 Å². The van der Waals surface area contributed by atoms with Gasteiger partial charge in [-0.15, -0.1) is 0 Å². The second kappa shape index (κ2) is 6.83. The molecule has 0 bridgehead atoms. The normalized spacial score (nSPS) is 15.1. The summed E-state index contributed by atoms with van der Waals surface area (Å²) in [6, 6.07) is 7.91. The molecule has 2 amide bonds. The number of rotatable bonds is 5. The SMILES string of the molecule is O=C1CN(C(=O)CCCSc2nc3ccccc3[nH]2)CCN1. The molecular formula is C15H18N4O2S. The first kappa shape index (κ1) is 14.9. The van der Waals surface area contributed by atoms with Crippen LogP contribution >= 0.6 is 11.8 Å². The molecule has 0 radical (unpaired) electrons. The van der Waals surface area contributed by atoms with Crippen LogP contribution in [0.3, 0.4) is 0 Å². The lowest BCUT2D eigenvalue weighted by Crippen LogP contribution is -2.49. The average Bonchev–Trinajstić information content (AvgIpc) is 2.94. The zero-order chi connectivity index (χ0) is 15.4. The van der Waals surface area contributed by atoms with Crippen molar-refractivity contribution in [1.29, 1.82) is 0 Å². The number of carbonyl (C=O) groups is 2. The van der Waals surface area contributed by atoms with Crippen LogP contribution in [-0.2, 0) is 9.59 Å². The van der Waals surface area contributed by atoms with Crippen LogP contribution in [0.4, 0.5) is 0 Å². The first-order valence-corrected chi connectivity index (χ1v) is 8.33. The molecule has 22 heavy (non-hydrogen) atoms. The van der Waals surface area contributed by atoms with Crippen molar-refractivity contribution in [1.82, 2.24) is 20.2 Å². The van der Waals surface area contributed by atoms with Crippen molar-refractivity contribution < 1.29 is 9.59 Å². The minimum atomic E-state index is -0.0729. The third-order valence-corrected chi connectivity index (χ3v) is 4.49. The lowest BCUT2D eigenvalue weighted by atomic mass is 10.2. The Labute approximate surface area is 132 Å². The molecule has 0 atom stereocenters. The van der Waals surface area contributed by atoms with Gasteiger partial charge in [-0.25, -0.2) is 4.98 Å². The van der Waals surface area contributed by atoms with Crippen LogP contribution in [-0.4, -0.2) is 52.1 Å². The highest BCUT2D eigenvalue weighted by Gasteiger charge is 2.20.